The Bertz CT molecular complexity index is 1150. The van der Waals surface area contributed by atoms with E-state index in [-0.39, 0.29) is 18.6 Å². The molecular formula is C27H27ClN2O4. The Morgan fingerprint density at radius 1 is 1.12 bits per heavy atom. The summed E-state index contributed by atoms with van der Waals surface area (Å²) in [7, 11) is 1.58. The van der Waals surface area contributed by atoms with Crippen molar-refractivity contribution in [3.05, 3.63) is 94.0 Å². The van der Waals surface area contributed by atoms with Crippen molar-refractivity contribution in [2.45, 2.75) is 31.9 Å². The second kappa shape index (κ2) is 11.6. The molecule has 0 aromatic heterocycles. The smallest absolute Gasteiger partial charge is 0.261 e. The maximum atomic E-state index is 12.3. The van der Waals surface area contributed by atoms with Gasteiger partial charge in [0.1, 0.15) is 6.61 Å². The van der Waals surface area contributed by atoms with Crippen molar-refractivity contribution in [1.29, 1.82) is 0 Å². The molecule has 176 valence electrons. The largest absolute Gasteiger partial charge is 0.493 e. The number of nitrogens with zero attached hydrogens (tertiary/aromatic N) is 1. The molecule has 3 aromatic carbocycles. The number of ether oxygens (including phenoxy) is 2. The Hall–Kier alpha value is -3.51. The lowest BCUT2D eigenvalue weighted by Crippen LogP contribution is -2.33. The van der Waals surface area contributed by atoms with Gasteiger partial charge < -0.3 is 19.6 Å². The van der Waals surface area contributed by atoms with Crippen molar-refractivity contribution in [3.8, 4) is 11.5 Å². The highest BCUT2D eigenvalue weighted by Crippen LogP contribution is 2.30. The molecule has 0 fully saturated rings. The number of amides is 1. The fourth-order valence-electron chi connectivity index (χ4n) is 3.96. The minimum absolute atomic E-state index is 0.0229. The molecule has 0 saturated heterocycles. The van der Waals surface area contributed by atoms with E-state index < -0.39 is 0 Å². The van der Waals surface area contributed by atoms with Gasteiger partial charge in [0.25, 0.3) is 5.91 Å². The van der Waals surface area contributed by atoms with Crippen molar-refractivity contribution in [2.75, 3.05) is 13.7 Å². The normalized spacial score (nSPS) is 14.9. The van der Waals surface area contributed by atoms with Crippen molar-refractivity contribution in [2.24, 2.45) is 5.16 Å². The minimum Gasteiger partial charge on any atom is -0.493 e. The lowest BCUT2D eigenvalue weighted by atomic mass is 9.88. The molecule has 0 bridgehead atoms. The van der Waals surface area contributed by atoms with E-state index in [2.05, 4.69) is 22.6 Å². The van der Waals surface area contributed by atoms with E-state index >= 15 is 0 Å². The third-order valence-electron chi connectivity index (χ3n) is 5.67. The van der Waals surface area contributed by atoms with Crippen molar-refractivity contribution >= 4 is 23.7 Å². The fourth-order valence-corrected chi connectivity index (χ4v) is 4.09. The van der Waals surface area contributed by atoms with Gasteiger partial charge in [-0.1, -0.05) is 53.2 Å². The Balaban J connectivity index is 1.27. The minimum atomic E-state index is -0.192. The van der Waals surface area contributed by atoms with Gasteiger partial charge in [0.15, 0.2) is 18.1 Å². The molecule has 34 heavy (non-hydrogen) atoms. The van der Waals surface area contributed by atoms with Gasteiger partial charge in [0.2, 0.25) is 0 Å². The molecule has 3 aromatic rings. The quantitative estimate of drug-likeness (QED) is 0.327. The summed E-state index contributed by atoms with van der Waals surface area (Å²) >= 11 is 5.92. The van der Waals surface area contributed by atoms with Gasteiger partial charge in [-0.3, -0.25) is 4.79 Å². The summed E-state index contributed by atoms with van der Waals surface area (Å²) in [5.74, 6) is 0.997. The number of oxime groups is 1. The van der Waals surface area contributed by atoms with Crippen LogP contribution in [0.3, 0.4) is 0 Å². The van der Waals surface area contributed by atoms with Gasteiger partial charge in [-0.15, -0.1) is 0 Å². The third-order valence-corrected chi connectivity index (χ3v) is 5.92. The van der Waals surface area contributed by atoms with Crippen LogP contribution in [0.1, 0.15) is 41.1 Å². The molecule has 1 atom stereocenters. The second-order valence-corrected chi connectivity index (χ2v) is 8.48. The van der Waals surface area contributed by atoms with E-state index in [0.29, 0.717) is 23.1 Å². The summed E-state index contributed by atoms with van der Waals surface area (Å²) in [5.41, 5.74) is 4.25. The van der Waals surface area contributed by atoms with Crippen molar-refractivity contribution in [1.82, 2.24) is 5.32 Å². The van der Waals surface area contributed by atoms with Gasteiger partial charge >= 0.3 is 0 Å². The van der Waals surface area contributed by atoms with Crippen LogP contribution >= 0.6 is 11.6 Å². The zero-order chi connectivity index (χ0) is 23.8. The maximum absolute atomic E-state index is 12.3. The molecule has 0 saturated carbocycles. The van der Waals surface area contributed by atoms with Crippen molar-refractivity contribution < 1.29 is 19.1 Å². The molecule has 1 unspecified atom stereocenters. The number of hydrogen-bond acceptors (Lipinski definition) is 5. The summed E-state index contributed by atoms with van der Waals surface area (Å²) in [6.07, 6.45) is 4.58. The number of hydrogen-bond donors (Lipinski definition) is 1. The fraction of sp³-hybridized carbons (Fsp3) is 0.259. The average molecular weight is 479 g/mol. The standard InChI is InChI=1S/C27H27ClN2O4/c1-32-26-15-20(11-14-25(26)33-17-19-9-12-22(28)13-10-19)16-29-34-18-27(31)30-24-8-4-6-21-5-2-3-7-23(21)24/h2-3,5,7,9-16,24H,4,6,8,17-18H2,1H3,(H,30,31). The molecule has 0 spiro atoms. The van der Waals surface area contributed by atoms with E-state index in [0.717, 1.165) is 30.4 Å². The van der Waals surface area contributed by atoms with E-state index in [1.165, 1.54) is 17.3 Å². The van der Waals surface area contributed by atoms with Gasteiger partial charge in [0, 0.05) is 10.6 Å². The number of carbonyl (C=O) groups is 1. The summed E-state index contributed by atoms with van der Waals surface area (Å²) in [6, 6.07) is 21.2. The van der Waals surface area contributed by atoms with Crippen LogP contribution in [0.5, 0.6) is 11.5 Å². The Kier molecular flexibility index (Phi) is 8.04. The lowest BCUT2D eigenvalue weighted by Gasteiger charge is -2.26. The molecule has 4 rings (SSSR count). The topological polar surface area (TPSA) is 69.2 Å². The summed E-state index contributed by atoms with van der Waals surface area (Å²) in [4.78, 5) is 17.6. The first-order valence-electron chi connectivity index (χ1n) is 11.2. The number of rotatable bonds is 9. The Morgan fingerprint density at radius 3 is 2.76 bits per heavy atom. The monoisotopic (exact) mass is 478 g/mol. The first kappa shape index (κ1) is 23.6. The molecule has 1 N–H and O–H groups in total. The molecule has 1 aliphatic carbocycles. The van der Waals surface area contributed by atoms with Crippen LogP contribution in [-0.4, -0.2) is 25.8 Å². The number of nitrogens with one attached hydrogen (secondary N) is 1. The van der Waals surface area contributed by atoms with E-state index in [1.54, 1.807) is 13.2 Å². The van der Waals surface area contributed by atoms with Gasteiger partial charge in [-0.25, -0.2) is 0 Å². The van der Waals surface area contributed by atoms with Crippen LogP contribution in [0.25, 0.3) is 0 Å². The number of carbonyl (C=O) groups excluding carboxylic acids is 1. The van der Waals surface area contributed by atoms with E-state index in [4.69, 9.17) is 25.9 Å². The number of aryl methyl sites for hydroxylation is 1. The molecule has 1 amide bonds. The summed E-state index contributed by atoms with van der Waals surface area (Å²) in [5, 5.41) is 7.66. The van der Waals surface area contributed by atoms with Crippen LogP contribution in [0, 0.1) is 0 Å². The first-order valence-corrected chi connectivity index (χ1v) is 11.6. The summed E-state index contributed by atoms with van der Waals surface area (Å²) in [6.45, 7) is 0.249. The Labute approximate surface area is 204 Å². The van der Waals surface area contributed by atoms with Crippen LogP contribution in [0.4, 0.5) is 0 Å². The molecule has 6 nitrogen and oxygen atoms in total. The van der Waals surface area contributed by atoms with Crippen LogP contribution < -0.4 is 14.8 Å². The van der Waals surface area contributed by atoms with Gasteiger partial charge in [0.05, 0.1) is 19.4 Å². The highest BCUT2D eigenvalue weighted by atomic mass is 35.5. The number of fused-ring (bicyclic) bond motifs is 1. The highest BCUT2D eigenvalue weighted by Gasteiger charge is 2.21. The van der Waals surface area contributed by atoms with Crippen molar-refractivity contribution in [3.63, 3.8) is 0 Å². The molecule has 0 heterocycles. The predicted octanol–water partition coefficient (Wildman–Crippen LogP) is 5.47. The lowest BCUT2D eigenvalue weighted by molar-refractivity contribution is -0.126. The SMILES string of the molecule is COc1cc(C=NOCC(=O)NC2CCCc3ccccc32)ccc1OCc1ccc(Cl)cc1. The first-order chi connectivity index (χ1) is 16.6. The van der Waals surface area contributed by atoms with Gasteiger partial charge in [-0.2, -0.15) is 0 Å². The molecule has 0 radical (unpaired) electrons. The van der Waals surface area contributed by atoms with Crippen LogP contribution in [0.2, 0.25) is 5.02 Å². The zero-order valence-corrected chi connectivity index (χ0v) is 19.8. The average Bonchev–Trinajstić information content (AvgIpc) is 2.87. The van der Waals surface area contributed by atoms with Crippen LogP contribution in [0.15, 0.2) is 71.9 Å². The number of methoxy groups -OCH3 is 1. The molecular weight excluding hydrogens is 452 g/mol. The molecule has 1 aliphatic rings. The van der Waals surface area contributed by atoms with Crippen LogP contribution in [-0.2, 0) is 22.7 Å². The molecule has 7 heteroatoms. The second-order valence-electron chi connectivity index (χ2n) is 8.04. The van der Waals surface area contributed by atoms with Gasteiger partial charge in [-0.05, 0) is 66.3 Å². The zero-order valence-electron chi connectivity index (χ0n) is 19.0. The third kappa shape index (κ3) is 6.29. The van der Waals surface area contributed by atoms with E-state index in [1.807, 2.05) is 48.5 Å². The highest BCUT2D eigenvalue weighted by molar-refractivity contribution is 6.30. The molecule has 0 aliphatic heterocycles. The van der Waals surface area contributed by atoms with E-state index in [9.17, 15) is 4.79 Å². The predicted molar refractivity (Wildman–Crippen MR) is 133 cm³/mol. The number of halogens is 1. The number of benzene rings is 3. The summed E-state index contributed by atoms with van der Waals surface area (Å²) < 4.78 is 11.3. The maximum Gasteiger partial charge on any atom is 0.261 e. The Morgan fingerprint density at radius 2 is 1.94 bits per heavy atom.